The number of likely N-dealkylation sites (tertiary alicyclic amines) is 1. The van der Waals surface area contributed by atoms with Gasteiger partial charge in [0.05, 0.1) is 6.07 Å². The molecule has 19 heavy (non-hydrogen) atoms. The van der Waals surface area contributed by atoms with Crippen LogP contribution in [0.25, 0.3) is 0 Å². The second kappa shape index (κ2) is 5.89. The van der Waals surface area contributed by atoms with Crippen LogP contribution in [0, 0.1) is 23.0 Å². The average Bonchev–Trinajstić information content (AvgIpc) is 2.44. The second-order valence-electron chi connectivity index (χ2n) is 4.82. The number of nitrogens with zero attached hydrogens (tertiary/aromatic N) is 2. The molecule has 0 bridgehead atoms. The lowest BCUT2D eigenvalue weighted by Gasteiger charge is -2.36. The number of halogens is 2. The molecule has 1 aromatic rings. The van der Waals surface area contributed by atoms with Gasteiger partial charge < -0.3 is 0 Å². The molecule has 1 fully saturated rings. The van der Waals surface area contributed by atoms with Crippen molar-refractivity contribution in [1.29, 1.82) is 5.26 Å². The van der Waals surface area contributed by atoms with Gasteiger partial charge in [0.15, 0.2) is 0 Å². The lowest BCUT2D eigenvalue weighted by atomic mass is 9.97. The summed E-state index contributed by atoms with van der Waals surface area (Å²) in [5.74, 6) is -0.785. The van der Waals surface area contributed by atoms with Crippen LogP contribution < -0.4 is 0 Å². The molecule has 1 saturated heterocycles. The van der Waals surface area contributed by atoms with Gasteiger partial charge in [0.1, 0.15) is 16.4 Å². The fraction of sp³-hybridized carbons (Fsp3) is 0.500. The third-order valence-electron chi connectivity index (χ3n) is 3.66. The van der Waals surface area contributed by atoms with Gasteiger partial charge in [0.2, 0.25) is 0 Å². The normalized spacial score (nSPS) is 19.1. The SMILES string of the molecule is CSC1(C#N)CCN(Cc2cc(F)ccc2F)CC1. The minimum atomic E-state index is -0.413. The van der Waals surface area contributed by atoms with E-state index < -0.39 is 5.82 Å². The summed E-state index contributed by atoms with van der Waals surface area (Å²) in [6.07, 6.45) is 3.48. The van der Waals surface area contributed by atoms with Crippen molar-refractivity contribution in [3.05, 3.63) is 35.4 Å². The first-order chi connectivity index (χ1) is 9.08. The summed E-state index contributed by atoms with van der Waals surface area (Å²) in [5.41, 5.74) is 0.383. The van der Waals surface area contributed by atoms with Crippen molar-refractivity contribution in [2.45, 2.75) is 24.1 Å². The van der Waals surface area contributed by atoms with E-state index in [2.05, 4.69) is 11.0 Å². The van der Waals surface area contributed by atoms with E-state index in [0.29, 0.717) is 12.1 Å². The molecule has 2 nitrogen and oxygen atoms in total. The van der Waals surface area contributed by atoms with Gasteiger partial charge >= 0.3 is 0 Å². The highest BCUT2D eigenvalue weighted by Gasteiger charge is 2.33. The first kappa shape index (κ1) is 14.3. The van der Waals surface area contributed by atoms with E-state index in [1.165, 1.54) is 6.07 Å². The third kappa shape index (κ3) is 3.26. The Morgan fingerprint density at radius 2 is 2.05 bits per heavy atom. The van der Waals surface area contributed by atoms with Crippen molar-refractivity contribution in [1.82, 2.24) is 4.90 Å². The number of hydrogen-bond acceptors (Lipinski definition) is 3. The molecule has 0 aromatic heterocycles. The average molecular weight is 282 g/mol. The van der Waals surface area contributed by atoms with Crippen LogP contribution in [0.4, 0.5) is 8.78 Å². The van der Waals surface area contributed by atoms with Crippen molar-refractivity contribution in [3.63, 3.8) is 0 Å². The first-order valence-electron chi connectivity index (χ1n) is 6.21. The molecule has 0 radical (unpaired) electrons. The molecule has 0 amide bonds. The van der Waals surface area contributed by atoms with E-state index >= 15 is 0 Å². The zero-order valence-electron chi connectivity index (χ0n) is 10.8. The highest BCUT2D eigenvalue weighted by Crippen LogP contribution is 2.34. The van der Waals surface area contributed by atoms with Gasteiger partial charge in [-0.1, -0.05) is 0 Å². The molecule has 1 aliphatic rings. The Kier molecular flexibility index (Phi) is 4.43. The maximum absolute atomic E-state index is 13.6. The molecule has 0 atom stereocenters. The van der Waals surface area contributed by atoms with E-state index in [1.807, 2.05) is 6.26 Å². The summed E-state index contributed by atoms with van der Waals surface area (Å²) in [4.78, 5) is 2.07. The van der Waals surface area contributed by atoms with Crippen LogP contribution in [0.5, 0.6) is 0 Å². The number of hydrogen-bond donors (Lipinski definition) is 0. The summed E-state index contributed by atoms with van der Waals surface area (Å²) in [6.45, 7) is 1.88. The number of thioether (sulfide) groups is 1. The Balaban J connectivity index is 2.00. The van der Waals surface area contributed by atoms with Crippen molar-refractivity contribution in [2.24, 2.45) is 0 Å². The van der Waals surface area contributed by atoms with Gasteiger partial charge in [-0.25, -0.2) is 8.78 Å². The quantitative estimate of drug-likeness (QED) is 0.852. The van der Waals surface area contributed by atoms with Crippen molar-refractivity contribution in [3.8, 4) is 6.07 Å². The molecule has 1 aromatic carbocycles. The molecule has 2 rings (SSSR count). The molecule has 5 heteroatoms. The maximum atomic E-state index is 13.6. The van der Waals surface area contributed by atoms with E-state index in [-0.39, 0.29) is 10.6 Å². The third-order valence-corrected chi connectivity index (χ3v) is 4.94. The molecular weight excluding hydrogens is 266 g/mol. The Morgan fingerprint density at radius 3 is 2.63 bits per heavy atom. The van der Waals surface area contributed by atoms with Gasteiger partial charge in [-0.2, -0.15) is 5.26 Å². The van der Waals surface area contributed by atoms with Gasteiger partial charge in [0, 0.05) is 25.2 Å². The van der Waals surface area contributed by atoms with Gasteiger partial charge in [-0.05, 0) is 37.3 Å². The molecule has 0 unspecified atom stereocenters. The lowest BCUT2D eigenvalue weighted by Crippen LogP contribution is -2.41. The largest absolute Gasteiger partial charge is 0.299 e. The van der Waals surface area contributed by atoms with Crippen LogP contribution in [-0.4, -0.2) is 29.0 Å². The standard InChI is InChI=1S/C14H16F2N2S/c1-19-14(10-17)4-6-18(7-5-14)9-11-8-12(15)2-3-13(11)16/h2-3,8H,4-7,9H2,1H3. The van der Waals surface area contributed by atoms with E-state index in [9.17, 15) is 14.0 Å². The maximum Gasteiger partial charge on any atom is 0.127 e. The summed E-state index contributed by atoms with van der Waals surface area (Å²) >= 11 is 1.59. The predicted molar refractivity (Wildman–Crippen MR) is 72.7 cm³/mol. The zero-order valence-corrected chi connectivity index (χ0v) is 11.6. The summed E-state index contributed by atoms with van der Waals surface area (Å²) in [5, 5.41) is 9.20. The second-order valence-corrected chi connectivity index (χ2v) is 6.01. The number of rotatable bonds is 3. The minimum Gasteiger partial charge on any atom is -0.299 e. The van der Waals surface area contributed by atoms with Crippen LogP contribution in [0.15, 0.2) is 18.2 Å². The summed E-state index contributed by atoms with van der Waals surface area (Å²) in [7, 11) is 0. The van der Waals surface area contributed by atoms with Crippen LogP contribution in [-0.2, 0) is 6.54 Å². The summed E-state index contributed by atoms with van der Waals surface area (Å²) < 4.78 is 26.4. The van der Waals surface area contributed by atoms with Crippen molar-refractivity contribution < 1.29 is 8.78 Å². The van der Waals surface area contributed by atoms with Crippen LogP contribution >= 0.6 is 11.8 Å². The van der Waals surface area contributed by atoms with E-state index in [1.54, 1.807) is 11.8 Å². The Labute approximate surface area is 116 Å². The topological polar surface area (TPSA) is 27.0 Å². The zero-order chi connectivity index (χ0) is 13.9. The molecule has 0 saturated carbocycles. The molecule has 0 spiro atoms. The lowest BCUT2D eigenvalue weighted by molar-refractivity contribution is 0.206. The van der Waals surface area contributed by atoms with Gasteiger partial charge in [-0.15, -0.1) is 11.8 Å². The van der Waals surface area contributed by atoms with Crippen molar-refractivity contribution in [2.75, 3.05) is 19.3 Å². The Morgan fingerprint density at radius 1 is 1.37 bits per heavy atom. The highest BCUT2D eigenvalue weighted by molar-refractivity contribution is 8.00. The van der Waals surface area contributed by atoms with Crippen LogP contribution in [0.3, 0.4) is 0 Å². The molecule has 1 aliphatic heterocycles. The molecule has 1 heterocycles. The van der Waals surface area contributed by atoms with E-state index in [4.69, 9.17) is 0 Å². The van der Waals surface area contributed by atoms with Crippen LogP contribution in [0.1, 0.15) is 18.4 Å². The Bertz CT molecular complexity index is 491. The highest BCUT2D eigenvalue weighted by atomic mass is 32.2. The molecule has 0 N–H and O–H groups in total. The van der Waals surface area contributed by atoms with E-state index in [0.717, 1.165) is 38.1 Å². The Hall–Kier alpha value is -1.12. The summed E-state index contributed by atoms with van der Waals surface area (Å²) in [6, 6.07) is 5.91. The van der Waals surface area contributed by atoms with Gasteiger partial charge in [0.25, 0.3) is 0 Å². The smallest absolute Gasteiger partial charge is 0.127 e. The van der Waals surface area contributed by atoms with Crippen molar-refractivity contribution >= 4 is 11.8 Å². The number of benzene rings is 1. The fourth-order valence-corrected chi connectivity index (χ4v) is 3.02. The first-order valence-corrected chi connectivity index (χ1v) is 7.44. The predicted octanol–water partition coefficient (Wildman–Crippen LogP) is 3.19. The van der Waals surface area contributed by atoms with Crippen LogP contribution in [0.2, 0.25) is 0 Å². The minimum absolute atomic E-state index is 0.309. The molecule has 0 aliphatic carbocycles. The fourth-order valence-electron chi connectivity index (χ4n) is 2.34. The number of nitriles is 1. The molecule has 102 valence electrons. The van der Waals surface area contributed by atoms with Gasteiger partial charge in [-0.3, -0.25) is 4.90 Å². The molecular formula is C14H16F2N2S. The number of piperidine rings is 1. The monoisotopic (exact) mass is 282 g/mol.